The van der Waals surface area contributed by atoms with Crippen LogP contribution < -0.4 is 0 Å². The van der Waals surface area contributed by atoms with Crippen molar-refractivity contribution in [3.63, 3.8) is 0 Å². The van der Waals surface area contributed by atoms with Gasteiger partial charge < -0.3 is 5.11 Å². The fourth-order valence-corrected chi connectivity index (χ4v) is 1.76. The minimum absolute atomic E-state index is 0.0834. The van der Waals surface area contributed by atoms with E-state index in [0.717, 1.165) is 11.4 Å². The molecule has 0 aliphatic heterocycles. The van der Waals surface area contributed by atoms with Crippen LogP contribution in [0.1, 0.15) is 27.4 Å². The van der Waals surface area contributed by atoms with Gasteiger partial charge in [-0.2, -0.15) is 5.10 Å². The lowest BCUT2D eigenvalue weighted by Gasteiger charge is -2.06. The first kappa shape index (κ1) is 11.3. The van der Waals surface area contributed by atoms with Crippen LogP contribution in [0.15, 0.2) is 24.4 Å². The van der Waals surface area contributed by atoms with Gasteiger partial charge in [0.1, 0.15) is 0 Å². The fourth-order valence-electron chi connectivity index (χ4n) is 1.76. The van der Waals surface area contributed by atoms with Crippen LogP contribution in [-0.4, -0.2) is 25.8 Å². The molecular formula is C12H13N3O2. The van der Waals surface area contributed by atoms with Crippen molar-refractivity contribution in [3.05, 3.63) is 47.0 Å². The first-order valence-electron chi connectivity index (χ1n) is 5.26. The second-order valence-corrected chi connectivity index (χ2v) is 3.90. The standard InChI is InChI=1S/C12H13N3O2/c1-8-6-9(2)15(14-8)7-10-4-3-5-13-11(10)12(16)17/h3-6H,7H2,1-2H3,(H,16,17). The van der Waals surface area contributed by atoms with E-state index in [9.17, 15) is 4.79 Å². The predicted octanol–water partition coefficient (Wildman–Crippen LogP) is 1.64. The lowest BCUT2D eigenvalue weighted by atomic mass is 10.2. The Morgan fingerprint density at radius 3 is 2.82 bits per heavy atom. The maximum atomic E-state index is 11.0. The van der Waals surface area contributed by atoms with E-state index in [1.165, 1.54) is 6.20 Å². The number of pyridine rings is 1. The summed E-state index contributed by atoms with van der Waals surface area (Å²) in [5.74, 6) is -1.01. The molecule has 0 aliphatic rings. The number of carboxylic acid groups (broad SMARTS) is 1. The molecule has 0 bridgehead atoms. The number of hydrogen-bond acceptors (Lipinski definition) is 3. The quantitative estimate of drug-likeness (QED) is 0.871. The third-order valence-corrected chi connectivity index (χ3v) is 2.52. The zero-order valence-electron chi connectivity index (χ0n) is 9.71. The lowest BCUT2D eigenvalue weighted by molar-refractivity contribution is 0.0689. The van der Waals surface area contributed by atoms with E-state index in [1.54, 1.807) is 16.8 Å². The zero-order valence-corrected chi connectivity index (χ0v) is 9.71. The average Bonchev–Trinajstić information content (AvgIpc) is 2.58. The summed E-state index contributed by atoms with van der Waals surface area (Å²) in [6.45, 7) is 4.27. The van der Waals surface area contributed by atoms with Gasteiger partial charge >= 0.3 is 5.97 Å². The van der Waals surface area contributed by atoms with Crippen molar-refractivity contribution in [2.75, 3.05) is 0 Å². The zero-order chi connectivity index (χ0) is 12.4. The van der Waals surface area contributed by atoms with E-state index in [4.69, 9.17) is 5.11 Å². The number of aromatic carboxylic acids is 1. The van der Waals surface area contributed by atoms with Gasteiger partial charge in [0.05, 0.1) is 12.2 Å². The second kappa shape index (κ2) is 4.37. The number of hydrogen-bond donors (Lipinski definition) is 1. The summed E-state index contributed by atoms with van der Waals surface area (Å²) in [6, 6.07) is 5.44. The highest BCUT2D eigenvalue weighted by atomic mass is 16.4. The summed E-state index contributed by atoms with van der Waals surface area (Å²) in [5.41, 5.74) is 2.66. The molecule has 17 heavy (non-hydrogen) atoms. The van der Waals surface area contributed by atoms with Gasteiger partial charge in [0, 0.05) is 17.5 Å². The summed E-state index contributed by atoms with van der Waals surface area (Å²) in [7, 11) is 0. The van der Waals surface area contributed by atoms with Crippen LogP contribution in [0.4, 0.5) is 0 Å². The maximum absolute atomic E-state index is 11.0. The van der Waals surface area contributed by atoms with Gasteiger partial charge in [-0.05, 0) is 26.0 Å². The monoisotopic (exact) mass is 231 g/mol. The van der Waals surface area contributed by atoms with Crippen molar-refractivity contribution in [2.45, 2.75) is 20.4 Å². The molecule has 2 aromatic rings. The Hall–Kier alpha value is -2.17. The first-order valence-corrected chi connectivity index (χ1v) is 5.26. The smallest absolute Gasteiger partial charge is 0.354 e. The van der Waals surface area contributed by atoms with Crippen molar-refractivity contribution in [3.8, 4) is 0 Å². The topological polar surface area (TPSA) is 68.0 Å². The number of aromatic nitrogens is 3. The van der Waals surface area contributed by atoms with E-state index in [1.807, 2.05) is 19.9 Å². The molecule has 5 nitrogen and oxygen atoms in total. The highest BCUT2D eigenvalue weighted by molar-refractivity contribution is 5.86. The minimum atomic E-state index is -1.01. The third kappa shape index (κ3) is 2.33. The van der Waals surface area contributed by atoms with Crippen molar-refractivity contribution in [1.82, 2.24) is 14.8 Å². The van der Waals surface area contributed by atoms with E-state index < -0.39 is 5.97 Å². The molecule has 0 unspecified atom stereocenters. The number of rotatable bonds is 3. The van der Waals surface area contributed by atoms with Crippen LogP contribution in [0.3, 0.4) is 0 Å². The van der Waals surface area contributed by atoms with Gasteiger partial charge in [0.2, 0.25) is 0 Å². The van der Waals surface area contributed by atoms with Crippen LogP contribution in [0, 0.1) is 13.8 Å². The summed E-state index contributed by atoms with van der Waals surface area (Å²) in [6.07, 6.45) is 1.48. The Bertz CT molecular complexity index is 561. The van der Waals surface area contributed by atoms with Gasteiger partial charge in [-0.3, -0.25) is 4.68 Å². The molecule has 88 valence electrons. The highest BCUT2D eigenvalue weighted by Crippen LogP contribution is 2.10. The van der Waals surface area contributed by atoms with E-state index in [0.29, 0.717) is 12.1 Å². The number of nitrogens with zero attached hydrogens (tertiary/aromatic N) is 3. The molecule has 2 heterocycles. The van der Waals surface area contributed by atoms with Crippen LogP contribution in [0.5, 0.6) is 0 Å². The molecule has 0 fully saturated rings. The molecular weight excluding hydrogens is 218 g/mol. The molecule has 0 amide bonds. The summed E-state index contributed by atoms with van der Waals surface area (Å²) < 4.78 is 1.78. The van der Waals surface area contributed by atoms with Gasteiger partial charge in [-0.25, -0.2) is 9.78 Å². The first-order chi connectivity index (χ1) is 8.08. The Morgan fingerprint density at radius 2 is 2.24 bits per heavy atom. The van der Waals surface area contributed by atoms with Crippen LogP contribution in [0.25, 0.3) is 0 Å². The van der Waals surface area contributed by atoms with Crippen LogP contribution >= 0.6 is 0 Å². The largest absolute Gasteiger partial charge is 0.477 e. The SMILES string of the molecule is Cc1cc(C)n(Cc2cccnc2C(=O)O)n1. The summed E-state index contributed by atoms with van der Waals surface area (Å²) >= 11 is 0. The summed E-state index contributed by atoms with van der Waals surface area (Å²) in [4.78, 5) is 14.9. The molecule has 0 radical (unpaired) electrons. The van der Waals surface area contributed by atoms with Gasteiger partial charge in [-0.15, -0.1) is 0 Å². The van der Waals surface area contributed by atoms with Crippen molar-refractivity contribution >= 4 is 5.97 Å². The predicted molar refractivity (Wildman–Crippen MR) is 62.0 cm³/mol. The molecule has 0 spiro atoms. The normalized spacial score (nSPS) is 10.5. The molecule has 2 rings (SSSR count). The third-order valence-electron chi connectivity index (χ3n) is 2.52. The molecule has 0 saturated heterocycles. The average molecular weight is 231 g/mol. The summed E-state index contributed by atoms with van der Waals surface area (Å²) in [5, 5.41) is 13.3. The van der Waals surface area contributed by atoms with E-state index >= 15 is 0 Å². The highest BCUT2D eigenvalue weighted by Gasteiger charge is 2.12. The maximum Gasteiger partial charge on any atom is 0.354 e. The molecule has 0 aliphatic carbocycles. The lowest BCUT2D eigenvalue weighted by Crippen LogP contribution is -2.11. The number of carbonyl (C=O) groups is 1. The van der Waals surface area contributed by atoms with Crippen molar-refractivity contribution in [1.29, 1.82) is 0 Å². The fraction of sp³-hybridized carbons (Fsp3) is 0.250. The van der Waals surface area contributed by atoms with E-state index in [-0.39, 0.29) is 5.69 Å². The number of aryl methyl sites for hydroxylation is 2. The van der Waals surface area contributed by atoms with Crippen molar-refractivity contribution in [2.24, 2.45) is 0 Å². The molecule has 1 N–H and O–H groups in total. The molecule has 5 heteroatoms. The molecule has 2 aromatic heterocycles. The van der Waals surface area contributed by atoms with Gasteiger partial charge in [0.15, 0.2) is 5.69 Å². The van der Waals surface area contributed by atoms with E-state index in [2.05, 4.69) is 10.1 Å². The van der Waals surface area contributed by atoms with Crippen LogP contribution in [0.2, 0.25) is 0 Å². The minimum Gasteiger partial charge on any atom is -0.477 e. The second-order valence-electron chi connectivity index (χ2n) is 3.90. The molecule has 0 atom stereocenters. The van der Waals surface area contributed by atoms with Crippen LogP contribution in [-0.2, 0) is 6.54 Å². The van der Waals surface area contributed by atoms with Crippen molar-refractivity contribution < 1.29 is 9.90 Å². The van der Waals surface area contributed by atoms with Gasteiger partial charge in [-0.1, -0.05) is 6.07 Å². The Labute approximate surface area is 98.7 Å². The Morgan fingerprint density at radius 1 is 1.47 bits per heavy atom. The Balaban J connectivity index is 2.36. The molecule has 0 aromatic carbocycles. The molecule has 0 saturated carbocycles. The van der Waals surface area contributed by atoms with Gasteiger partial charge in [0.25, 0.3) is 0 Å². The number of carboxylic acids is 1. The Kier molecular flexibility index (Phi) is 2.91.